The van der Waals surface area contributed by atoms with E-state index in [1.54, 1.807) is 12.1 Å². The highest BCUT2D eigenvalue weighted by molar-refractivity contribution is 5.30. The van der Waals surface area contributed by atoms with Gasteiger partial charge in [0.25, 0.3) is 0 Å². The number of piperazine rings is 1. The van der Waals surface area contributed by atoms with Crippen LogP contribution in [0.1, 0.15) is 32.4 Å². The molecule has 1 fully saturated rings. The molecular weight excluding hydrogens is 324 g/mol. The highest BCUT2D eigenvalue weighted by Gasteiger charge is 2.44. The van der Waals surface area contributed by atoms with E-state index >= 15 is 0 Å². The minimum atomic E-state index is -4.48. The van der Waals surface area contributed by atoms with Gasteiger partial charge in [0.1, 0.15) is 5.75 Å². The van der Waals surface area contributed by atoms with Crippen LogP contribution < -0.4 is 10.1 Å². The first-order chi connectivity index (χ1) is 11.1. The number of hydrogen-bond acceptors (Lipinski definition) is 3. The summed E-state index contributed by atoms with van der Waals surface area (Å²) in [6, 6.07) is 6.10. The molecule has 1 heterocycles. The zero-order chi connectivity index (χ0) is 18.0. The van der Waals surface area contributed by atoms with Crippen LogP contribution >= 0.6 is 0 Å². The number of nitrogens with zero attached hydrogens (tertiary/aromatic N) is 1. The van der Waals surface area contributed by atoms with E-state index in [0.717, 1.165) is 31.7 Å². The highest BCUT2D eigenvalue weighted by Crippen LogP contribution is 2.39. The minimum absolute atomic E-state index is 0.0629. The molecule has 2 rings (SSSR count). The Hall–Kier alpha value is -1.34. The molecule has 7 heteroatoms. The van der Waals surface area contributed by atoms with E-state index in [-0.39, 0.29) is 17.2 Å². The molecule has 0 spiro atoms. The maximum Gasteiger partial charge on any atom is 0.461 e. The summed E-state index contributed by atoms with van der Waals surface area (Å²) in [6.45, 7) is 9.94. The van der Waals surface area contributed by atoms with E-state index < -0.39 is 12.5 Å². The van der Waals surface area contributed by atoms with E-state index in [4.69, 9.17) is 0 Å². The summed E-state index contributed by atoms with van der Waals surface area (Å²) >= 11 is 0. The van der Waals surface area contributed by atoms with Crippen LogP contribution in [-0.4, -0.2) is 43.6 Å². The lowest BCUT2D eigenvalue weighted by Crippen LogP contribution is -2.48. The number of benzene rings is 1. The molecule has 1 aromatic rings. The molecule has 0 unspecified atom stereocenters. The van der Waals surface area contributed by atoms with E-state index in [2.05, 4.69) is 35.7 Å². The summed E-state index contributed by atoms with van der Waals surface area (Å²) in [6.07, 6.45) is -8.34. The van der Waals surface area contributed by atoms with E-state index in [1.165, 1.54) is 12.1 Å². The largest absolute Gasteiger partial charge is 0.461 e. The average molecular weight is 348 g/mol. The summed E-state index contributed by atoms with van der Waals surface area (Å²) < 4.78 is 54.5. The molecule has 0 aromatic heterocycles. The van der Waals surface area contributed by atoms with Gasteiger partial charge in [-0.05, 0) is 23.1 Å². The van der Waals surface area contributed by atoms with Gasteiger partial charge in [0, 0.05) is 32.2 Å². The molecule has 0 saturated carbocycles. The molecule has 0 radical (unpaired) electrons. The molecule has 1 saturated heterocycles. The maximum atomic E-state index is 13.0. The monoisotopic (exact) mass is 348 g/mol. The zero-order valence-electron chi connectivity index (χ0n) is 14.2. The molecular formula is C17H24F4N2O. The standard InChI is InChI=1S/C17H24F4N2O/c1-16(2,3)14(23-10-8-22-9-11-23)12-4-6-13(7-5-12)24-17(20,21)15(18)19/h4-7,14-15,22H,8-11H2,1-3H3/t14-/m1/s1. The third-order valence-electron chi connectivity index (χ3n) is 4.04. The van der Waals surface area contributed by atoms with Crippen molar-refractivity contribution in [3.05, 3.63) is 29.8 Å². The van der Waals surface area contributed by atoms with Crippen molar-refractivity contribution in [2.24, 2.45) is 5.41 Å². The van der Waals surface area contributed by atoms with Gasteiger partial charge in [-0.3, -0.25) is 4.90 Å². The third kappa shape index (κ3) is 4.60. The molecule has 0 amide bonds. The van der Waals surface area contributed by atoms with Crippen molar-refractivity contribution in [3.8, 4) is 5.75 Å². The predicted molar refractivity (Wildman–Crippen MR) is 84.7 cm³/mol. The van der Waals surface area contributed by atoms with Gasteiger partial charge in [-0.1, -0.05) is 32.9 Å². The number of alkyl halides is 4. The Morgan fingerprint density at radius 1 is 1.04 bits per heavy atom. The SMILES string of the molecule is CC(C)(C)[C@@H](c1ccc(OC(F)(F)C(F)F)cc1)N1CCNCC1. The Labute approximate surface area is 140 Å². The van der Waals surface area contributed by atoms with Gasteiger partial charge in [-0.2, -0.15) is 17.6 Å². The number of halogens is 4. The molecule has 0 bridgehead atoms. The van der Waals surface area contributed by atoms with Crippen molar-refractivity contribution < 1.29 is 22.3 Å². The van der Waals surface area contributed by atoms with Crippen LogP contribution in [0.15, 0.2) is 24.3 Å². The predicted octanol–water partition coefficient (Wildman–Crippen LogP) is 3.92. The first-order valence-electron chi connectivity index (χ1n) is 8.01. The molecule has 1 aliphatic heterocycles. The summed E-state index contributed by atoms with van der Waals surface area (Å²) in [4.78, 5) is 2.35. The van der Waals surface area contributed by atoms with Crippen LogP contribution in [0.5, 0.6) is 5.75 Å². The number of rotatable bonds is 5. The lowest BCUT2D eigenvalue weighted by Gasteiger charge is -2.42. The summed E-state index contributed by atoms with van der Waals surface area (Å²) in [7, 11) is 0. The summed E-state index contributed by atoms with van der Waals surface area (Å²) in [5.74, 6) is -0.267. The quantitative estimate of drug-likeness (QED) is 0.817. The van der Waals surface area contributed by atoms with Crippen molar-refractivity contribution in [3.63, 3.8) is 0 Å². The molecule has 3 nitrogen and oxygen atoms in total. The van der Waals surface area contributed by atoms with Gasteiger partial charge in [0.2, 0.25) is 0 Å². The van der Waals surface area contributed by atoms with Gasteiger partial charge in [-0.15, -0.1) is 0 Å². The fourth-order valence-corrected chi connectivity index (χ4v) is 3.12. The highest BCUT2D eigenvalue weighted by atomic mass is 19.3. The van der Waals surface area contributed by atoms with Crippen LogP contribution in [0, 0.1) is 5.41 Å². The minimum Gasteiger partial charge on any atom is -0.428 e. The topological polar surface area (TPSA) is 24.5 Å². The average Bonchev–Trinajstić information content (AvgIpc) is 2.48. The molecule has 1 N–H and O–H groups in total. The lowest BCUT2D eigenvalue weighted by molar-refractivity contribution is -0.253. The van der Waals surface area contributed by atoms with E-state index in [0.29, 0.717) is 0 Å². The van der Waals surface area contributed by atoms with E-state index in [9.17, 15) is 17.6 Å². The number of nitrogens with one attached hydrogen (secondary N) is 1. The second-order valence-electron chi connectivity index (χ2n) is 7.09. The van der Waals surface area contributed by atoms with Crippen molar-refractivity contribution >= 4 is 0 Å². The van der Waals surface area contributed by atoms with Crippen molar-refractivity contribution in [2.75, 3.05) is 26.2 Å². The molecule has 1 atom stereocenters. The third-order valence-corrected chi connectivity index (χ3v) is 4.04. The van der Waals surface area contributed by atoms with Gasteiger partial charge in [-0.25, -0.2) is 0 Å². The van der Waals surface area contributed by atoms with Gasteiger partial charge in [0.15, 0.2) is 0 Å². The van der Waals surface area contributed by atoms with Gasteiger partial charge >= 0.3 is 12.5 Å². The zero-order valence-corrected chi connectivity index (χ0v) is 14.2. The Balaban J connectivity index is 2.19. The van der Waals surface area contributed by atoms with Crippen LogP contribution in [-0.2, 0) is 0 Å². The van der Waals surface area contributed by atoms with Crippen LogP contribution in [0.4, 0.5) is 17.6 Å². The summed E-state index contributed by atoms with van der Waals surface area (Å²) in [5, 5.41) is 3.30. The molecule has 0 aliphatic carbocycles. The maximum absolute atomic E-state index is 13.0. The fourth-order valence-electron chi connectivity index (χ4n) is 3.12. The van der Waals surface area contributed by atoms with Crippen molar-refractivity contribution in [1.29, 1.82) is 0 Å². The second-order valence-corrected chi connectivity index (χ2v) is 7.09. The Morgan fingerprint density at radius 2 is 1.58 bits per heavy atom. The first kappa shape index (κ1) is 19.0. The lowest BCUT2D eigenvalue weighted by atomic mass is 9.81. The first-order valence-corrected chi connectivity index (χ1v) is 8.01. The Bertz CT molecular complexity index is 522. The molecule has 24 heavy (non-hydrogen) atoms. The Morgan fingerprint density at radius 3 is 2.04 bits per heavy atom. The smallest absolute Gasteiger partial charge is 0.428 e. The van der Waals surface area contributed by atoms with Gasteiger partial charge < -0.3 is 10.1 Å². The molecule has 1 aliphatic rings. The van der Waals surface area contributed by atoms with Crippen LogP contribution in [0.25, 0.3) is 0 Å². The van der Waals surface area contributed by atoms with Crippen molar-refractivity contribution in [1.82, 2.24) is 10.2 Å². The fraction of sp³-hybridized carbons (Fsp3) is 0.647. The molecule has 1 aromatic carbocycles. The Kier molecular flexibility index (Phi) is 5.75. The van der Waals surface area contributed by atoms with Gasteiger partial charge in [0.05, 0.1) is 0 Å². The normalized spacial score (nSPS) is 18.7. The van der Waals surface area contributed by atoms with Crippen LogP contribution in [0.3, 0.4) is 0 Å². The second kappa shape index (κ2) is 7.27. The van der Waals surface area contributed by atoms with Crippen molar-refractivity contribution in [2.45, 2.75) is 39.3 Å². The number of ether oxygens (including phenoxy) is 1. The molecule has 136 valence electrons. The van der Waals surface area contributed by atoms with Crippen LogP contribution in [0.2, 0.25) is 0 Å². The number of hydrogen-bond donors (Lipinski definition) is 1. The van der Waals surface area contributed by atoms with E-state index in [1.807, 2.05) is 0 Å². The summed E-state index contributed by atoms with van der Waals surface area (Å²) in [5.41, 5.74) is 0.893.